The molecule has 1 heterocycles. The molecular weight excluding hydrogens is 310 g/mol. The maximum atomic E-state index is 14.2. The van der Waals surface area contributed by atoms with Crippen LogP contribution in [0.3, 0.4) is 0 Å². The Bertz CT molecular complexity index is 725. The highest BCUT2D eigenvalue weighted by molar-refractivity contribution is 5.87. The van der Waals surface area contributed by atoms with Crippen LogP contribution in [0.15, 0.2) is 48.5 Å². The lowest BCUT2D eigenvalue weighted by Crippen LogP contribution is -2.50. The fraction of sp³-hybridized carbons (Fsp3) is 0.316. The third kappa shape index (κ3) is 3.17. The molecule has 0 saturated carbocycles. The Morgan fingerprint density at radius 3 is 2.33 bits per heavy atom. The molecule has 1 aliphatic rings. The van der Waals surface area contributed by atoms with Crippen molar-refractivity contribution in [2.24, 2.45) is 5.73 Å². The van der Waals surface area contributed by atoms with E-state index in [1.165, 1.54) is 17.7 Å². The van der Waals surface area contributed by atoms with Gasteiger partial charge in [0.05, 0.1) is 5.41 Å². The molecule has 3 rings (SSSR count). The molecule has 2 aromatic carbocycles. The zero-order valence-electron chi connectivity index (χ0n) is 13.3. The van der Waals surface area contributed by atoms with Gasteiger partial charge in [0, 0.05) is 18.2 Å². The van der Waals surface area contributed by atoms with Gasteiger partial charge in [-0.05, 0) is 37.6 Å². The molecule has 1 saturated heterocycles. The number of hydrogen-bond donors (Lipinski definition) is 1. The Morgan fingerprint density at radius 2 is 1.75 bits per heavy atom. The summed E-state index contributed by atoms with van der Waals surface area (Å²) in [6, 6.07) is 13.4. The summed E-state index contributed by atoms with van der Waals surface area (Å²) in [4.78, 5) is 14.3. The van der Waals surface area contributed by atoms with Crippen molar-refractivity contribution < 1.29 is 13.6 Å². The number of hydrogen-bond acceptors (Lipinski definition) is 2. The van der Waals surface area contributed by atoms with Crippen molar-refractivity contribution in [3.63, 3.8) is 0 Å². The van der Waals surface area contributed by atoms with Crippen LogP contribution < -0.4 is 5.73 Å². The second-order valence-corrected chi connectivity index (χ2v) is 6.33. The number of carbonyl (C=O) groups excluding carboxylic acids is 1. The molecule has 2 aromatic rings. The summed E-state index contributed by atoms with van der Waals surface area (Å²) in [5.74, 6) is -1.91. The van der Waals surface area contributed by atoms with Crippen molar-refractivity contribution >= 4 is 5.91 Å². The Kier molecular flexibility index (Phi) is 4.62. The molecule has 0 atom stereocenters. The van der Waals surface area contributed by atoms with E-state index in [0.29, 0.717) is 25.9 Å². The van der Waals surface area contributed by atoms with E-state index in [2.05, 4.69) is 17.0 Å². The number of likely N-dealkylation sites (tertiary alicyclic amines) is 1. The van der Waals surface area contributed by atoms with Gasteiger partial charge < -0.3 is 5.73 Å². The minimum atomic E-state index is -1.06. The summed E-state index contributed by atoms with van der Waals surface area (Å²) in [5.41, 5.74) is 5.95. The summed E-state index contributed by atoms with van der Waals surface area (Å²) in [5, 5.41) is 0. The first kappa shape index (κ1) is 16.6. The SMILES string of the molecule is NC(=O)C1(c2ccc(F)cc2F)CCN(Cc2ccccc2)CC1. The molecule has 0 radical (unpaired) electrons. The lowest BCUT2D eigenvalue weighted by atomic mass is 9.72. The van der Waals surface area contributed by atoms with Crippen molar-refractivity contribution in [1.82, 2.24) is 4.90 Å². The van der Waals surface area contributed by atoms with Gasteiger partial charge in [-0.15, -0.1) is 0 Å². The maximum absolute atomic E-state index is 14.2. The predicted octanol–water partition coefficient (Wildman–Crippen LogP) is 2.98. The maximum Gasteiger partial charge on any atom is 0.228 e. The van der Waals surface area contributed by atoms with Crippen LogP contribution in [0.1, 0.15) is 24.0 Å². The second kappa shape index (κ2) is 6.69. The first-order chi connectivity index (χ1) is 11.5. The average Bonchev–Trinajstić information content (AvgIpc) is 2.57. The fourth-order valence-electron chi connectivity index (χ4n) is 3.46. The number of primary amides is 1. The summed E-state index contributed by atoms with van der Waals surface area (Å²) in [6.07, 6.45) is 0.857. The molecule has 1 amide bonds. The van der Waals surface area contributed by atoms with Crippen molar-refractivity contribution in [3.8, 4) is 0 Å². The van der Waals surface area contributed by atoms with Crippen molar-refractivity contribution in [2.45, 2.75) is 24.8 Å². The number of carbonyl (C=O) groups is 1. The molecule has 5 heteroatoms. The molecule has 24 heavy (non-hydrogen) atoms. The standard InChI is InChI=1S/C19H20F2N2O/c20-15-6-7-16(17(21)12-15)19(18(22)24)8-10-23(11-9-19)13-14-4-2-1-3-5-14/h1-7,12H,8-11,13H2,(H2,22,24). The van der Waals surface area contributed by atoms with Gasteiger partial charge in [0.2, 0.25) is 5.91 Å². The van der Waals surface area contributed by atoms with Crippen LogP contribution in [0.4, 0.5) is 8.78 Å². The topological polar surface area (TPSA) is 46.3 Å². The number of rotatable bonds is 4. The number of benzene rings is 2. The van der Waals surface area contributed by atoms with E-state index >= 15 is 0 Å². The average molecular weight is 330 g/mol. The van der Waals surface area contributed by atoms with E-state index in [-0.39, 0.29) is 5.56 Å². The number of piperidine rings is 1. The van der Waals surface area contributed by atoms with E-state index in [9.17, 15) is 13.6 Å². The Morgan fingerprint density at radius 1 is 1.08 bits per heavy atom. The second-order valence-electron chi connectivity index (χ2n) is 6.33. The quantitative estimate of drug-likeness (QED) is 0.937. The largest absolute Gasteiger partial charge is 0.369 e. The van der Waals surface area contributed by atoms with Gasteiger partial charge in [-0.25, -0.2) is 8.78 Å². The summed E-state index contributed by atoms with van der Waals surface area (Å²) in [6.45, 7) is 2.05. The van der Waals surface area contributed by atoms with Gasteiger partial charge in [-0.1, -0.05) is 36.4 Å². The summed E-state index contributed by atoms with van der Waals surface area (Å²) in [7, 11) is 0. The van der Waals surface area contributed by atoms with E-state index in [1.54, 1.807) is 0 Å². The molecule has 0 unspecified atom stereocenters. The molecule has 126 valence electrons. The molecule has 1 fully saturated rings. The first-order valence-electron chi connectivity index (χ1n) is 8.03. The molecule has 3 nitrogen and oxygen atoms in total. The highest BCUT2D eigenvalue weighted by Gasteiger charge is 2.43. The highest BCUT2D eigenvalue weighted by Crippen LogP contribution is 2.37. The third-order valence-corrected chi connectivity index (χ3v) is 4.88. The van der Waals surface area contributed by atoms with Crippen LogP contribution in [0.25, 0.3) is 0 Å². The minimum Gasteiger partial charge on any atom is -0.369 e. The van der Waals surface area contributed by atoms with E-state index in [1.807, 2.05) is 18.2 Å². The van der Waals surface area contributed by atoms with Crippen LogP contribution in [0.5, 0.6) is 0 Å². The normalized spacial score (nSPS) is 17.6. The first-order valence-corrected chi connectivity index (χ1v) is 8.03. The number of amides is 1. The van der Waals surface area contributed by atoms with E-state index < -0.39 is 23.0 Å². The zero-order valence-corrected chi connectivity index (χ0v) is 13.3. The summed E-state index contributed by atoms with van der Waals surface area (Å²) < 4.78 is 27.4. The molecule has 0 bridgehead atoms. The summed E-state index contributed by atoms with van der Waals surface area (Å²) >= 11 is 0. The fourth-order valence-corrected chi connectivity index (χ4v) is 3.46. The third-order valence-electron chi connectivity index (χ3n) is 4.88. The van der Waals surface area contributed by atoms with E-state index in [0.717, 1.165) is 12.6 Å². The Hall–Kier alpha value is -2.27. The van der Waals surface area contributed by atoms with Gasteiger partial charge in [-0.2, -0.15) is 0 Å². The van der Waals surface area contributed by atoms with Crippen LogP contribution in [-0.2, 0) is 16.8 Å². The number of nitrogens with two attached hydrogens (primary N) is 1. The molecule has 2 N–H and O–H groups in total. The predicted molar refractivity (Wildman–Crippen MR) is 88.2 cm³/mol. The number of nitrogens with zero attached hydrogens (tertiary/aromatic N) is 1. The van der Waals surface area contributed by atoms with Crippen molar-refractivity contribution in [3.05, 3.63) is 71.3 Å². The van der Waals surface area contributed by atoms with E-state index in [4.69, 9.17) is 5.73 Å². The van der Waals surface area contributed by atoms with Crippen LogP contribution in [0.2, 0.25) is 0 Å². The molecule has 0 aliphatic carbocycles. The zero-order chi connectivity index (χ0) is 17.2. The van der Waals surface area contributed by atoms with Gasteiger partial charge in [0.25, 0.3) is 0 Å². The number of halogens is 2. The van der Waals surface area contributed by atoms with Crippen LogP contribution >= 0.6 is 0 Å². The molecular formula is C19H20F2N2O. The van der Waals surface area contributed by atoms with Crippen LogP contribution in [0, 0.1) is 11.6 Å². The lowest BCUT2D eigenvalue weighted by Gasteiger charge is -2.40. The van der Waals surface area contributed by atoms with Crippen molar-refractivity contribution in [2.75, 3.05) is 13.1 Å². The Labute approximate surface area is 140 Å². The monoisotopic (exact) mass is 330 g/mol. The van der Waals surface area contributed by atoms with Gasteiger partial charge in [-0.3, -0.25) is 9.69 Å². The Balaban J connectivity index is 1.78. The smallest absolute Gasteiger partial charge is 0.228 e. The molecule has 0 spiro atoms. The highest BCUT2D eigenvalue weighted by atomic mass is 19.1. The molecule has 0 aromatic heterocycles. The van der Waals surface area contributed by atoms with Crippen LogP contribution in [-0.4, -0.2) is 23.9 Å². The van der Waals surface area contributed by atoms with Gasteiger partial charge >= 0.3 is 0 Å². The minimum absolute atomic E-state index is 0.204. The molecule has 1 aliphatic heterocycles. The lowest BCUT2D eigenvalue weighted by molar-refractivity contribution is -0.125. The van der Waals surface area contributed by atoms with Gasteiger partial charge in [0.1, 0.15) is 11.6 Å². The van der Waals surface area contributed by atoms with Gasteiger partial charge in [0.15, 0.2) is 0 Å². The van der Waals surface area contributed by atoms with Crippen molar-refractivity contribution in [1.29, 1.82) is 0 Å².